The summed E-state index contributed by atoms with van der Waals surface area (Å²) in [5.41, 5.74) is 0. The van der Waals surface area contributed by atoms with Crippen LogP contribution in [0.3, 0.4) is 0 Å². The van der Waals surface area contributed by atoms with Crippen molar-refractivity contribution in [2.24, 2.45) is 0 Å². The van der Waals surface area contributed by atoms with Gasteiger partial charge in [0, 0.05) is 0 Å². The van der Waals surface area contributed by atoms with Crippen LogP contribution < -0.4 is 42.4 Å². The maximum atomic E-state index is 2.21. The SMILES string of the molecule is c1ccc([I-]c2ccccc2)cc1.c1ccc([I-]c2ccccc2)cc1. The summed E-state index contributed by atoms with van der Waals surface area (Å²) in [7, 11) is 0. The molecule has 26 heavy (non-hydrogen) atoms. The van der Waals surface area contributed by atoms with Crippen molar-refractivity contribution in [1.29, 1.82) is 0 Å². The van der Waals surface area contributed by atoms with Crippen LogP contribution >= 0.6 is 0 Å². The van der Waals surface area contributed by atoms with Gasteiger partial charge in [0.15, 0.2) is 0 Å². The molecule has 132 valence electrons. The molecule has 0 aliphatic carbocycles. The Morgan fingerprint density at radius 3 is 0.654 bits per heavy atom. The zero-order valence-electron chi connectivity index (χ0n) is 14.3. The molecule has 0 nitrogen and oxygen atoms in total. The first-order chi connectivity index (χ1) is 12.9. The van der Waals surface area contributed by atoms with Crippen LogP contribution in [0.15, 0.2) is 121 Å². The molecule has 4 aromatic rings. The molecule has 0 N–H and O–H groups in total. The minimum atomic E-state index is 0.0287. The van der Waals surface area contributed by atoms with Crippen LogP contribution in [0.25, 0.3) is 0 Å². The fourth-order valence-corrected chi connectivity index (χ4v) is 6.70. The molecule has 0 aromatic heterocycles. The molecule has 4 rings (SSSR count). The predicted molar refractivity (Wildman–Crippen MR) is 101 cm³/mol. The summed E-state index contributed by atoms with van der Waals surface area (Å²) in [6, 6.07) is 42.8. The Bertz CT molecular complexity index is 709. The Kier molecular flexibility index (Phi) is 8.19. The van der Waals surface area contributed by atoms with Crippen LogP contribution in [0.4, 0.5) is 0 Å². The van der Waals surface area contributed by atoms with E-state index in [9.17, 15) is 0 Å². The van der Waals surface area contributed by atoms with Crippen LogP contribution in [0.1, 0.15) is 0 Å². The molecule has 0 radical (unpaired) electrons. The summed E-state index contributed by atoms with van der Waals surface area (Å²) in [5.74, 6) is 0. The first-order valence-corrected chi connectivity index (χ1v) is 12.7. The van der Waals surface area contributed by atoms with Gasteiger partial charge in [0.05, 0.1) is 0 Å². The van der Waals surface area contributed by atoms with Gasteiger partial charge in [-0.3, -0.25) is 0 Å². The molecule has 0 aliphatic heterocycles. The van der Waals surface area contributed by atoms with E-state index in [0.717, 1.165) is 0 Å². The third-order valence-corrected chi connectivity index (χ3v) is 8.74. The number of benzene rings is 4. The van der Waals surface area contributed by atoms with E-state index in [1.165, 1.54) is 14.3 Å². The molecule has 0 unspecified atom stereocenters. The minimum absolute atomic E-state index is 0.0287. The summed E-state index contributed by atoms with van der Waals surface area (Å²) in [6.07, 6.45) is 0. The van der Waals surface area contributed by atoms with Gasteiger partial charge in [-0.25, -0.2) is 0 Å². The van der Waals surface area contributed by atoms with Crippen LogP contribution in [0.2, 0.25) is 0 Å². The van der Waals surface area contributed by atoms with Crippen molar-refractivity contribution in [2.75, 3.05) is 0 Å². The quantitative estimate of drug-likeness (QED) is 0.298. The third kappa shape index (κ3) is 6.92. The Balaban J connectivity index is 0.000000151. The Labute approximate surface area is 176 Å². The van der Waals surface area contributed by atoms with Crippen molar-refractivity contribution in [1.82, 2.24) is 0 Å². The molecule has 0 amide bonds. The molecule has 0 aliphatic rings. The van der Waals surface area contributed by atoms with Crippen molar-refractivity contribution in [3.05, 3.63) is 136 Å². The molecule has 4 aromatic carbocycles. The van der Waals surface area contributed by atoms with E-state index in [0.29, 0.717) is 0 Å². The Hall–Kier alpha value is -1.66. The molecule has 0 spiro atoms. The second-order valence-electron chi connectivity index (χ2n) is 5.37. The molecular formula is C24H20I2-2. The maximum absolute atomic E-state index is 2.21. The van der Waals surface area contributed by atoms with Gasteiger partial charge in [-0.15, -0.1) is 0 Å². The van der Waals surface area contributed by atoms with Gasteiger partial charge < -0.3 is 0 Å². The van der Waals surface area contributed by atoms with Gasteiger partial charge >= 0.3 is 178 Å². The van der Waals surface area contributed by atoms with Gasteiger partial charge in [-0.1, -0.05) is 0 Å². The third-order valence-electron chi connectivity index (χ3n) is 3.37. The van der Waals surface area contributed by atoms with Gasteiger partial charge in [0.25, 0.3) is 0 Å². The molecule has 0 saturated heterocycles. The first-order valence-electron chi connectivity index (χ1n) is 8.40. The predicted octanol–water partition coefficient (Wildman–Crippen LogP) is -0.370. The Morgan fingerprint density at radius 2 is 0.462 bits per heavy atom. The van der Waals surface area contributed by atoms with Crippen molar-refractivity contribution in [3.8, 4) is 0 Å². The van der Waals surface area contributed by atoms with E-state index in [4.69, 9.17) is 0 Å². The molecule has 0 heterocycles. The van der Waals surface area contributed by atoms with E-state index < -0.39 is 0 Å². The Morgan fingerprint density at radius 1 is 0.269 bits per heavy atom. The fourth-order valence-electron chi connectivity index (χ4n) is 2.16. The zero-order chi connectivity index (χ0) is 17.9. The number of hydrogen-bond acceptors (Lipinski definition) is 0. The van der Waals surface area contributed by atoms with Crippen LogP contribution in [-0.4, -0.2) is 0 Å². The second-order valence-corrected chi connectivity index (χ2v) is 11.4. The van der Waals surface area contributed by atoms with Crippen molar-refractivity contribution >= 4 is 0 Å². The second kappa shape index (κ2) is 11.1. The monoisotopic (exact) mass is 562 g/mol. The van der Waals surface area contributed by atoms with E-state index in [1.54, 1.807) is 0 Å². The molecule has 0 fully saturated rings. The standard InChI is InChI=1S/2C12H10I/c2*1-3-7-11(8-4-1)13-12-9-5-2-6-10-12/h2*1-10H/q2*-1. The fraction of sp³-hybridized carbons (Fsp3) is 0. The number of halogens is 2. The average molecular weight is 562 g/mol. The van der Waals surface area contributed by atoms with E-state index in [1.807, 2.05) is 0 Å². The zero-order valence-corrected chi connectivity index (χ0v) is 18.6. The van der Waals surface area contributed by atoms with E-state index in [2.05, 4.69) is 121 Å². The van der Waals surface area contributed by atoms with Gasteiger partial charge in [-0.05, 0) is 0 Å². The van der Waals surface area contributed by atoms with Crippen LogP contribution in [0, 0.1) is 14.3 Å². The number of rotatable bonds is 4. The van der Waals surface area contributed by atoms with Crippen LogP contribution in [-0.2, 0) is 0 Å². The summed E-state index contributed by atoms with van der Waals surface area (Å²) in [5, 5.41) is 0. The van der Waals surface area contributed by atoms with E-state index in [-0.39, 0.29) is 42.4 Å². The molecule has 0 bridgehead atoms. The average Bonchev–Trinajstić information content (AvgIpc) is 2.72. The topological polar surface area (TPSA) is 0 Å². The van der Waals surface area contributed by atoms with Gasteiger partial charge in [0.2, 0.25) is 0 Å². The molecule has 2 heteroatoms. The first kappa shape index (κ1) is 19.1. The van der Waals surface area contributed by atoms with Crippen molar-refractivity contribution in [3.63, 3.8) is 0 Å². The molecule has 0 atom stereocenters. The van der Waals surface area contributed by atoms with Gasteiger partial charge in [0.1, 0.15) is 0 Å². The van der Waals surface area contributed by atoms with Crippen molar-refractivity contribution in [2.45, 2.75) is 0 Å². The summed E-state index contributed by atoms with van der Waals surface area (Å²) >= 11 is 0.0574. The van der Waals surface area contributed by atoms with Crippen molar-refractivity contribution < 1.29 is 42.4 Å². The van der Waals surface area contributed by atoms with E-state index >= 15 is 0 Å². The summed E-state index contributed by atoms with van der Waals surface area (Å²) in [6.45, 7) is 0. The molecular weight excluding hydrogens is 542 g/mol. The van der Waals surface area contributed by atoms with Crippen LogP contribution in [0.5, 0.6) is 0 Å². The number of hydrogen-bond donors (Lipinski definition) is 0. The summed E-state index contributed by atoms with van der Waals surface area (Å²) < 4.78 is 5.92. The molecule has 0 saturated carbocycles. The van der Waals surface area contributed by atoms with Gasteiger partial charge in [-0.2, -0.15) is 0 Å². The normalized spacial score (nSPS) is 10.2. The summed E-state index contributed by atoms with van der Waals surface area (Å²) in [4.78, 5) is 0.